The van der Waals surface area contributed by atoms with Crippen LogP contribution in [0.3, 0.4) is 0 Å². The molecule has 0 aromatic rings. The molecule has 0 nitrogen and oxygen atoms in total. The third kappa shape index (κ3) is 2.00. The van der Waals surface area contributed by atoms with Gasteiger partial charge in [-0.3, -0.25) is 0 Å². The average molecular weight is 126 g/mol. The topological polar surface area (TPSA) is 0 Å². The van der Waals surface area contributed by atoms with E-state index in [1.807, 2.05) is 0 Å². The molecule has 1 fully saturated rings. The third-order valence-corrected chi connectivity index (χ3v) is 2.71. The number of hydrogen-bond acceptors (Lipinski definition) is 0. The van der Waals surface area contributed by atoms with Gasteiger partial charge in [0.1, 0.15) is 0 Å². The van der Waals surface area contributed by atoms with Crippen LogP contribution in [0, 0.1) is 11.8 Å². The summed E-state index contributed by atoms with van der Waals surface area (Å²) in [7, 11) is 0. The van der Waals surface area contributed by atoms with E-state index in [-0.39, 0.29) is 0 Å². The molecule has 1 aliphatic carbocycles. The maximum absolute atomic E-state index is 2.38. The number of rotatable bonds is 1. The fourth-order valence-corrected chi connectivity index (χ4v) is 1.74. The van der Waals surface area contributed by atoms with E-state index in [0.29, 0.717) is 0 Å². The van der Waals surface area contributed by atoms with E-state index in [1.165, 1.54) is 32.1 Å². The van der Waals surface area contributed by atoms with E-state index < -0.39 is 0 Å². The van der Waals surface area contributed by atoms with Crippen LogP contribution >= 0.6 is 0 Å². The molecule has 54 valence electrons. The van der Waals surface area contributed by atoms with Crippen molar-refractivity contribution in [2.24, 2.45) is 11.8 Å². The van der Waals surface area contributed by atoms with Gasteiger partial charge in [0.25, 0.3) is 0 Å². The molecule has 0 heterocycles. The summed E-state index contributed by atoms with van der Waals surface area (Å²) in [4.78, 5) is 0. The van der Waals surface area contributed by atoms with Crippen LogP contribution < -0.4 is 0 Å². The summed E-state index contributed by atoms with van der Waals surface area (Å²) in [6.07, 6.45) is 7.37. The van der Waals surface area contributed by atoms with E-state index in [4.69, 9.17) is 0 Å². The Balaban J connectivity index is 2.18. The largest absolute Gasteiger partial charge is 0.0651 e. The van der Waals surface area contributed by atoms with Crippen molar-refractivity contribution in [1.29, 1.82) is 0 Å². The highest BCUT2D eigenvalue weighted by Gasteiger charge is 2.15. The third-order valence-electron chi connectivity index (χ3n) is 2.71. The van der Waals surface area contributed by atoms with Crippen molar-refractivity contribution >= 4 is 0 Å². The molecule has 9 heavy (non-hydrogen) atoms. The molecule has 0 saturated heterocycles. The van der Waals surface area contributed by atoms with Gasteiger partial charge in [0.2, 0.25) is 0 Å². The van der Waals surface area contributed by atoms with E-state index in [0.717, 1.165) is 11.8 Å². The molecular formula is C9H18. The monoisotopic (exact) mass is 126 g/mol. The maximum Gasteiger partial charge on any atom is -0.0417 e. The van der Waals surface area contributed by atoms with E-state index in [2.05, 4.69) is 13.8 Å². The lowest BCUT2D eigenvalue weighted by Crippen LogP contribution is -2.10. The zero-order valence-electron chi connectivity index (χ0n) is 6.69. The van der Waals surface area contributed by atoms with E-state index >= 15 is 0 Å². The second-order valence-electron chi connectivity index (χ2n) is 3.53. The molecule has 0 spiro atoms. The lowest BCUT2D eigenvalue weighted by Gasteiger charge is -2.24. The van der Waals surface area contributed by atoms with Crippen LogP contribution in [-0.2, 0) is 0 Å². The van der Waals surface area contributed by atoms with Gasteiger partial charge >= 0.3 is 0 Å². The lowest BCUT2D eigenvalue weighted by atomic mass is 9.82. The molecule has 0 radical (unpaired) electrons. The van der Waals surface area contributed by atoms with Gasteiger partial charge in [-0.05, 0) is 11.8 Å². The SMILES string of the molecule is CC[C@H]1CC[C@@H](C)CC1. The molecule has 0 aliphatic heterocycles. The van der Waals surface area contributed by atoms with Crippen molar-refractivity contribution in [1.82, 2.24) is 0 Å². The first kappa shape index (κ1) is 7.11. The molecule has 0 aromatic heterocycles. The molecule has 1 rings (SSSR count). The van der Waals surface area contributed by atoms with Gasteiger partial charge in [0.15, 0.2) is 0 Å². The van der Waals surface area contributed by atoms with Gasteiger partial charge < -0.3 is 0 Å². The predicted octanol–water partition coefficient (Wildman–Crippen LogP) is 3.22. The van der Waals surface area contributed by atoms with Crippen LogP contribution in [-0.4, -0.2) is 0 Å². The first-order valence-electron chi connectivity index (χ1n) is 4.33. The summed E-state index contributed by atoms with van der Waals surface area (Å²) in [6.45, 7) is 4.70. The molecule has 0 N–H and O–H groups in total. The van der Waals surface area contributed by atoms with Gasteiger partial charge in [-0.2, -0.15) is 0 Å². The Morgan fingerprint density at radius 2 is 1.67 bits per heavy atom. The molecule has 0 aromatic carbocycles. The Bertz CT molecular complexity index is 68.1. The van der Waals surface area contributed by atoms with Crippen LogP contribution in [0.1, 0.15) is 46.0 Å². The Hall–Kier alpha value is 0. The van der Waals surface area contributed by atoms with E-state index in [1.54, 1.807) is 0 Å². The van der Waals surface area contributed by atoms with Gasteiger partial charge in [-0.15, -0.1) is 0 Å². The van der Waals surface area contributed by atoms with Crippen molar-refractivity contribution in [2.45, 2.75) is 46.0 Å². The predicted molar refractivity (Wildman–Crippen MR) is 41.4 cm³/mol. The molecule has 0 heteroatoms. The summed E-state index contributed by atoms with van der Waals surface area (Å²) < 4.78 is 0. The fourth-order valence-electron chi connectivity index (χ4n) is 1.74. The van der Waals surface area contributed by atoms with Crippen LogP contribution in [0.5, 0.6) is 0 Å². The van der Waals surface area contributed by atoms with Crippen molar-refractivity contribution in [3.63, 3.8) is 0 Å². The minimum atomic E-state index is 1.02. The van der Waals surface area contributed by atoms with Gasteiger partial charge in [-0.25, -0.2) is 0 Å². The zero-order valence-corrected chi connectivity index (χ0v) is 6.69. The quantitative estimate of drug-likeness (QED) is 0.506. The molecule has 0 bridgehead atoms. The first-order valence-corrected chi connectivity index (χ1v) is 4.33. The summed E-state index contributed by atoms with van der Waals surface area (Å²) in [6, 6.07) is 0. The average Bonchev–Trinajstić information content (AvgIpc) is 1.90. The Morgan fingerprint density at radius 3 is 2.11 bits per heavy atom. The highest BCUT2D eigenvalue weighted by atomic mass is 14.2. The van der Waals surface area contributed by atoms with Crippen molar-refractivity contribution in [3.8, 4) is 0 Å². The molecule has 1 saturated carbocycles. The molecular weight excluding hydrogens is 108 g/mol. The number of hydrogen-bond donors (Lipinski definition) is 0. The maximum atomic E-state index is 2.38. The van der Waals surface area contributed by atoms with Crippen LogP contribution in [0.4, 0.5) is 0 Å². The Labute approximate surface area is 58.7 Å². The summed E-state index contributed by atoms with van der Waals surface area (Å²) in [5, 5.41) is 0. The highest BCUT2D eigenvalue weighted by Crippen LogP contribution is 2.29. The van der Waals surface area contributed by atoms with Gasteiger partial charge in [-0.1, -0.05) is 46.0 Å². The van der Waals surface area contributed by atoms with Gasteiger partial charge in [0.05, 0.1) is 0 Å². The highest BCUT2D eigenvalue weighted by molar-refractivity contribution is 4.68. The fraction of sp³-hybridized carbons (Fsp3) is 1.00. The van der Waals surface area contributed by atoms with Crippen LogP contribution in [0.15, 0.2) is 0 Å². The minimum absolute atomic E-state index is 1.02. The summed E-state index contributed by atoms with van der Waals surface area (Å²) >= 11 is 0. The molecule has 0 unspecified atom stereocenters. The smallest absolute Gasteiger partial charge is 0.0417 e. The standard InChI is InChI=1S/C9H18/c1-3-9-6-4-8(2)5-7-9/h8-9H,3-7H2,1-2H3/t8-,9+. The minimum Gasteiger partial charge on any atom is -0.0651 e. The van der Waals surface area contributed by atoms with Crippen molar-refractivity contribution in [3.05, 3.63) is 0 Å². The van der Waals surface area contributed by atoms with Crippen LogP contribution in [0.25, 0.3) is 0 Å². The summed E-state index contributed by atoms with van der Waals surface area (Å²) in [5.74, 6) is 2.09. The molecule has 0 amide bonds. The first-order chi connectivity index (χ1) is 4.33. The van der Waals surface area contributed by atoms with Crippen molar-refractivity contribution < 1.29 is 0 Å². The lowest BCUT2D eigenvalue weighted by molar-refractivity contribution is 0.284. The zero-order chi connectivity index (χ0) is 6.69. The molecule has 0 atom stereocenters. The van der Waals surface area contributed by atoms with Crippen molar-refractivity contribution in [2.75, 3.05) is 0 Å². The van der Waals surface area contributed by atoms with E-state index in [9.17, 15) is 0 Å². The molecule has 1 aliphatic rings. The Morgan fingerprint density at radius 1 is 1.11 bits per heavy atom. The Kier molecular flexibility index (Phi) is 2.56. The van der Waals surface area contributed by atoms with Crippen LogP contribution in [0.2, 0.25) is 0 Å². The second kappa shape index (κ2) is 3.24. The second-order valence-corrected chi connectivity index (χ2v) is 3.53. The normalized spacial score (nSPS) is 36.7. The summed E-state index contributed by atoms with van der Waals surface area (Å²) in [5.41, 5.74) is 0. The van der Waals surface area contributed by atoms with Gasteiger partial charge in [0, 0.05) is 0 Å².